The molecule has 0 aliphatic heterocycles. The van der Waals surface area contributed by atoms with Crippen LogP contribution in [0.15, 0.2) is 0 Å². The second-order valence-electron chi connectivity index (χ2n) is 9.37. The van der Waals surface area contributed by atoms with Crippen molar-refractivity contribution < 1.29 is 9.59 Å². The molecular formula is C22H42N4O2. The van der Waals surface area contributed by atoms with Gasteiger partial charge in [-0.25, -0.2) is 4.79 Å². The SMILES string of the molecule is C[C@H]1CC1CC1(NC(=O)NCCCCCCCCCN(C)CC(N)=O)CCC1. The van der Waals surface area contributed by atoms with Crippen LogP contribution in [-0.2, 0) is 4.79 Å². The molecule has 0 saturated heterocycles. The van der Waals surface area contributed by atoms with E-state index in [0.717, 1.165) is 50.6 Å². The number of rotatable bonds is 15. The van der Waals surface area contributed by atoms with Crippen molar-refractivity contribution in [1.82, 2.24) is 15.5 Å². The number of nitrogens with two attached hydrogens (primary N) is 1. The molecule has 0 bridgehead atoms. The standard InChI is InChI=1S/C22H42N4O2/c1-18-15-19(18)16-22(11-10-12-22)25-21(28)24-13-8-6-4-3-5-7-9-14-26(2)17-20(23)27/h18-19H,3-17H2,1-2H3,(H2,23,27)(H2,24,25,28)/t18-,19?/m0/s1. The van der Waals surface area contributed by atoms with Crippen LogP contribution in [0.5, 0.6) is 0 Å². The van der Waals surface area contributed by atoms with E-state index in [2.05, 4.69) is 17.6 Å². The highest BCUT2D eigenvalue weighted by Gasteiger charge is 2.45. The number of hydrogen-bond acceptors (Lipinski definition) is 3. The van der Waals surface area contributed by atoms with Gasteiger partial charge >= 0.3 is 6.03 Å². The maximum absolute atomic E-state index is 12.2. The van der Waals surface area contributed by atoms with Crippen LogP contribution < -0.4 is 16.4 Å². The van der Waals surface area contributed by atoms with Crippen LogP contribution >= 0.6 is 0 Å². The number of hydrogen-bond donors (Lipinski definition) is 3. The van der Waals surface area contributed by atoms with Gasteiger partial charge in [0.1, 0.15) is 0 Å². The second-order valence-corrected chi connectivity index (χ2v) is 9.37. The number of urea groups is 1. The minimum absolute atomic E-state index is 0.0353. The number of carbonyl (C=O) groups excluding carboxylic acids is 2. The fourth-order valence-electron chi connectivity index (χ4n) is 4.39. The molecule has 1 unspecified atom stereocenters. The van der Waals surface area contributed by atoms with Crippen molar-refractivity contribution in [3.8, 4) is 0 Å². The normalized spacial score (nSPS) is 22.5. The summed E-state index contributed by atoms with van der Waals surface area (Å²) in [6.07, 6.45) is 14.3. The van der Waals surface area contributed by atoms with Gasteiger partial charge < -0.3 is 16.4 Å². The molecule has 0 heterocycles. The van der Waals surface area contributed by atoms with E-state index in [1.54, 1.807) is 0 Å². The van der Waals surface area contributed by atoms with E-state index in [0.29, 0.717) is 6.54 Å². The Balaban J connectivity index is 1.39. The number of nitrogens with zero attached hydrogens (tertiary/aromatic N) is 1. The lowest BCUT2D eigenvalue weighted by molar-refractivity contribution is -0.118. The van der Waals surface area contributed by atoms with Crippen LogP contribution in [0.1, 0.15) is 84.0 Å². The van der Waals surface area contributed by atoms with Crippen molar-refractivity contribution in [2.24, 2.45) is 17.6 Å². The van der Waals surface area contributed by atoms with Gasteiger partial charge in [0.2, 0.25) is 5.91 Å². The average molecular weight is 395 g/mol. The smallest absolute Gasteiger partial charge is 0.315 e. The van der Waals surface area contributed by atoms with E-state index < -0.39 is 0 Å². The molecule has 2 atom stereocenters. The first kappa shape index (κ1) is 23.0. The summed E-state index contributed by atoms with van der Waals surface area (Å²) >= 11 is 0. The summed E-state index contributed by atoms with van der Waals surface area (Å²) in [6, 6.07) is 0.0353. The molecule has 2 aliphatic carbocycles. The predicted octanol–water partition coefficient (Wildman–Crippen LogP) is 3.40. The zero-order valence-corrected chi connectivity index (χ0v) is 18.1. The Hall–Kier alpha value is -1.30. The minimum Gasteiger partial charge on any atom is -0.369 e. The summed E-state index contributed by atoms with van der Waals surface area (Å²) < 4.78 is 0. The third-order valence-electron chi connectivity index (χ3n) is 6.55. The molecule has 6 heteroatoms. The Morgan fingerprint density at radius 3 is 2.21 bits per heavy atom. The number of unbranched alkanes of at least 4 members (excludes halogenated alkanes) is 6. The Morgan fingerprint density at radius 2 is 1.68 bits per heavy atom. The van der Waals surface area contributed by atoms with E-state index in [1.807, 2.05) is 11.9 Å². The average Bonchev–Trinajstić information content (AvgIpc) is 3.28. The topological polar surface area (TPSA) is 87.5 Å². The molecule has 4 N–H and O–H groups in total. The summed E-state index contributed by atoms with van der Waals surface area (Å²) in [5, 5.41) is 6.34. The molecule has 0 radical (unpaired) electrons. The first-order chi connectivity index (χ1) is 13.4. The quantitative estimate of drug-likeness (QED) is 0.372. The van der Waals surface area contributed by atoms with Gasteiger partial charge in [0.25, 0.3) is 0 Å². The van der Waals surface area contributed by atoms with Crippen molar-refractivity contribution in [1.29, 1.82) is 0 Å². The van der Waals surface area contributed by atoms with Gasteiger partial charge in [-0.15, -0.1) is 0 Å². The highest BCUT2D eigenvalue weighted by atomic mass is 16.2. The number of carbonyl (C=O) groups is 2. The summed E-state index contributed by atoms with van der Waals surface area (Å²) in [6.45, 7) is 4.38. The van der Waals surface area contributed by atoms with Crippen molar-refractivity contribution in [2.45, 2.75) is 89.5 Å². The van der Waals surface area contributed by atoms with Crippen LogP contribution in [0, 0.1) is 11.8 Å². The van der Waals surface area contributed by atoms with Gasteiger partial charge in [-0.1, -0.05) is 39.0 Å². The molecule has 3 amide bonds. The van der Waals surface area contributed by atoms with Crippen LogP contribution in [0.25, 0.3) is 0 Å². The number of likely N-dealkylation sites (N-methyl/N-ethyl adjacent to an activating group) is 1. The first-order valence-corrected chi connectivity index (χ1v) is 11.4. The molecule has 0 aromatic heterocycles. The largest absolute Gasteiger partial charge is 0.369 e. The van der Waals surface area contributed by atoms with Gasteiger partial charge in [-0.2, -0.15) is 0 Å². The monoisotopic (exact) mass is 394 g/mol. The molecule has 2 aliphatic rings. The Labute approximate surface area is 171 Å². The van der Waals surface area contributed by atoms with Crippen LogP contribution in [0.2, 0.25) is 0 Å². The molecule has 2 rings (SSSR count). The molecular weight excluding hydrogens is 352 g/mol. The van der Waals surface area contributed by atoms with Gasteiger partial charge in [0.15, 0.2) is 0 Å². The fraction of sp³-hybridized carbons (Fsp3) is 0.909. The zero-order valence-electron chi connectivity index (χ0n) is 18.1. The van der Waals surface area contributed by atoms with Crippen LogP contribution in [0.3, 0.4) is 0 Å². The third-order valence-corrected chi connectivity index (χ3v) is 6.55. The summed E-state index contributed by atoms with van der Waals surface area (Å²) in [5.74, 6) is 1.44. The lowest BCUT2D eigenvalue weighted by Gasteiger charge is -2.43. The molecule has 0 aromatic carbocycles. The lowest BCUT2D eigenvalue weighted by atomic mass is 9.73. The van der Waals surface area contributed by atoms with E-state index in [1.165, 1.54) is 51.4 Å². The Bertz CT molecular complexity index is 493. The Morgan fingerprint density at radius 1 is 1.07 bits per heavy atom. The molecule has 162 valence electrons. The van der Waals surface area contributed by atoms with Gasteiger partial charge in [0, 0.05) is 12.1 Å². The van der Waals surface area contributed by atoms with Crippen molar-refractivity contribution in [3.63, 3.8) is 0 Å². The van der Waals surface area contributed by atoms with E-state index in [9.17, 15) is 9.59 Å². The fourth-order valence-corrected chi connectivity index (χ4v) is 4.39. The molecule has 6 nitrogen and oxygen atoms in total. The number of nitrogens with one attached hydrogen (secondary N) is 2. The van der Waals surface area contributed by atoms with Gasteiger partial charge in [0.05, 0.1) is 6.54 Å². The van der Waals surface area contributed by atoms with Crippen LogP contribution in [0.4, 0.5) is 4.79 Å². The predicted molar refractivity (Wildman–Crippen MR) is 114 cm³/mol. The second kappa shape index (κ2) is 11.6. The number of primary amides is 1. The zero-order chi connectivity index (χ0) is 20.4. The highest BCUT2D eigenvalue weighted by molar-refractivity contribution is 5.75. The van der Waals surface area contributed by atoms with E-state index in [4.69, 9.17) is 5.73 Å². The molecule has 28 heavy (non-hydrogen) atoms. The molecule has 2 saturated carbocycles. The number of amides is 3. The summed E-state index contributed by atoms with van der Waals surface area (Å²) in [5.41, 5.74) is 5.28. The maximum Gasteiger partial charge on any atom is 0.315 e. The first-order valence-electron chi connectivity index (χ1n) is 11.4. The lowest BCUT2D eigenvalue weighted by Crippen LogP contribution is -2.56. The molecule has 0 aromatic rings. The Kier molecular flexibility index (Phi) is 9.56. The molecule has 2 fully saturated rings. The van der Waals surface area contributed by atoms with Crippen molar-refractivity contribution in [3.05, 3.63) is 0 Å². The third kappa shape index (κ3) is 8.80. The summed E-state index contributed by atoms with van der Waals surface area (Å²) in [7, 11) is 1.94. The minimum atomic E-state index is -0.259. The van der Waals surface area contributed by atoms with E-state index in [-0.39, 0.29) is 17.5 Å². The van der Waals surface area contributed by atoms with Crippen molar-refractivity contribution >= 4 is 11.9 Å². The maximum atomic E-state index is 12.2. The highest BCUT2D eigenvalue weighted by Crippen LogP contribution is 2.48. The van der Waals surface area contributed by atoms with Gasteiger partial charge in [-0.3, -0.25) is 9.69 Å². The van der Waals surface area contributed by atoms with Crippen LogP contribution in [-0.4, -0.2) is 49.1 Å². The summed E-state index contributed by atoms with van der Waals surface area (Å²) in [4.78, 5) is 25.0. The van der Waals surface area contributed by atoms with Crippen molar-refractivity contribution in [2.75, 3.05) is 26.7 Å². The van der Waals surface area contributed by atoms with Gasteiger partial charge in [-0.05, 0) is 70.4 Å². The van der Waals surface area contributed by atoms with E-state index >= 15 is 0 Å². The molecule has 0 spiro atoms.